The lowest BCUT2D eigenvalue weighted by Gasteiger charge is -2.32. The van der Waals surface area contributed by atoms with Crippen molar-refractivity contribution in [3.63, 3.8) is 0 Å². The van der Waals surface area contributed by atoms with Crippen molar-refractivity contribution >= 4 is 15.9 Å². The minimum Gasteiger partial charge on any atom is -0.366 e. The van der Waals surface area contributed by atoms with Crippen molar-refractivity contribution in [1.29, 1.82) is 0 Å². The van der Waals surface area contributed by atoms with E-state index in [4.69, 9.17) is 5.73 Å². The third-order valence-corrected chi connectivity index (χ3v) is 6.77. The molecule has 1 unspecified atom stereocenters. The number of carbonyl (C=O) groups excluding carboxylic acids is 1. The number of amides is 1. The lowest BCUT2D eigenvalue weighted by atomic mass is 10.1. The molecule has 2 heterocycles. The molecule has 0 bridgehead atoms. The molecule has 3 rings (SSSR count). The lowest BCUT2D eigenvalue weighted by Crippen LogP contribution is -2.49. The van der Waals surface area contributed by atoms with Crippen LogP contribution in [0.5, 0.6) is 0 Å². The molecule has 2 fully saturated rings. The number of hydrogen-bond acceptors (Lipinski definition) is 5. The van der Waals surface area contributed by atoms with E-state index in [0.29, 0.717) is 18.7 Å². The van der Waals surface area contributed by atoms with Gasteiger partial charge in [0.05, 0.1) is 4.90 Å². The Morgan fingerprint density at radius 3 is 2.62 bits per heavy atom. The van der Waals surface area contributed by atoms with Crippen LogP contribution in [0.4, 0.5) is 0 Å². The molecule has 0 radical (unpaired) electrons. The number of piperazine rings is 1. The molecule has 0 saturated carbocycles. The zero-order valence-electron chi connectivity index (χ0n) is 13.9. The second-order valence-electron chi connectivity index (χ2n) is 6.43. The highest BCUT2D eigenvalue weighted by atomic mass is 32.2. The Kier molecular flexibility index (Phi) is 4.91. The van der Waals surface area contributed by atoms with Gasteiger partial charge in [-0.25, -0.2) is 8.42 Å². The summed E-state index contributed by atoms with van der Waals surface area (Å²) in [7, 11) is -3.60. The number of aryl methyl sites for hydroxylation is 1. The predicted octanol–water partition coefficient (Wildman–Crippen LogP) is -0.238. The topological polar surface area (TPSA) is 95.7 Å². The van der Waals surface area contributed by atoms with Gasteiger partial charge in [0.1, 0.15) is 0 Å². The van der Waals surface area contributed by atoms with Crippen molar-refractivity contribution in [2.45, 2.75) is 24.3 Å². The van der Waals surface area contributed by atoms with Gasteiger partial charge in [0.15, 0.2) is 0 Å². The van der Waals surface area contributed by atoms with Gasteiger partial charge < -0.3 is 11.1 Å². The van der Waals surface area contributed by atoms with Gasteiger partial charge in [-0.2, -0.15) is 4.31 Å². The van der Waals surface area contributed by atoms with E-state index >= 15 is 0 Å². The SMILES string of the molecule is Cc1ccc(S(=O)(=O)N2CCC(N3CCNCC3)C2)cc1C(N)=O. The Morgan fingerprint density at radius 1 is 1.25 bits per heavy atom. The molecule has 3 N–H and O–H groups in total. The molecular weight excluding hydrogens is 328 g/mol. The third-order valence-electron chi connectivity index (χ3n) is 4.91. The van der Waals surface area contributed by atoms with Crippen molar-refractivity contribution in [3.05, 3.63) is 29.3 Å². The van der Waals surface area contributed by atoms with Gasteiger partial charge in [0, 0.05) is 50.9 Å². The number of benzene rings is 1. The molecule has 0 spiro atoms. The van der Waals surface area contributed by atoms with E-state index in [-0.39, 0.29) is 16.5 Å². The Labute approximate surface area is 142 Å². The molecule has 2 aliphatic heterocycles. The van der Waals surface area contributed by atoms with Crippen LogP contribution in [0.25, 0.3) is 0 Å². The first kappa shape index (κ1) is 17.3. The molecule has 7 nitrogen and oxygen atoms in total. The summed E-state index contributed by atoms with van der Waals surface area (Å²) in [5.74, 6) is -0.607. The molecule has 132 valence electrons. The molecule has 1 aromatic carbocycles. The van der Waals surface area contributed by atoms with Crippen LogP contribution >= 0.6 is 0 Å². The fourth-order valence-corrected chi connectivity index (χ4v) is 4.97. The summed E-state index contributed by atoms with van der Waals surface area (Å²) in [5, 5.41) is 3.31. The molecule has 0 aliphatic carbocycles. The van der Waals surface area contributed by atoms with Gasteiger partial charge in [-0.3, -0.25) is 9.69 Å². The molecule has 24 heavy (non-hydrogen) atoms. The smallest absolute Gasteiger partial charge is 0.249 e. The zero-order chi connectivity index (χ0) is 17.3. The minimum atomic E-state index is -3.60. The summed E-state index contributed by atoms with van der Waals surface area (Å²) < 4.78 is 27.3. The summed E-state index contributed by atoms with van der Waals surface area (Å²) in [6.07, 6.45) is 0.841. The Balaban J connectivity index is 1.79. The third kappa shape index (κ3) is 3.32. The average molecular weight is 352 g/mol. The quantitative estimate of drug-likeness (QED) is 0.780. The lowest BCUT2D eigenvalue weighted by molar-refractivity contribution is 0.0999. The van der Waals surface area contributed by atoms with Crippen molar-refractivity contribution < 1.29 is 13.2 Å². The standard InChI is InChI=1S/C16H24N4O3S/c1-12-2-3-14(10-15(12)16(17)21)24(22,23)20-7-4-13(11-20)19-8-5-18-6-9-19/h2-3,10,13,18H,4-9,11H2,1H3,(H2,17,21). The summed E-state index contributed by atoms with van der Waals surface area (Å²) >= 11 is 0. The minimum absolute atomic E-state index is 0.142. The van der Waals surface area contributed by atoms with Gasteiger partial charge in [0.25, 0.3) is 0 Å². The van der Waals surface area contributed by atoms with Gasteiger partial charge in [-0.05, 0) is 31.0 Å². The van der Waals surface area contributed by atoms with E-state index in [1.807, 2.05) is 0 Å². The molecule has 1 atom stereocenters. The molecule has 8 heteroatoms. The number of nitrogens with two attached hydrogens (primary N) is 1. The van der Waals surface area contributed by atoms with Crippen LogP contribution in [0, 0.1) is 6.92 Å². The molecule has 2 aliphatic rings. The van der Waals surface area contributed by atoms with Gasteiger partial charge in [-0.1, -0.05) is 6.07 Å². The second-order valence-corrected chi connectivity index (χ2v) is 8.37. The van der Waals surface area contributed by atoms with Crippen molar-refractivity contribution in [2.75, 3.05) is 39.3 Å². The first-order chi connectivity index (χ1) is 11.4. The largest absolute Gasteiger partial charge is 0.366 e. The maximum Gasteiger partial charge on any atom is 0.249 e. The number of sulfonamides is 1. The molecule has 1 aromatic rings. The predicted molar refractivity (Wildman–Crippen MR) is 91.3 cm³/mol. The van der Waals surface area contributed by atoms with Crippen molar-refractivity contribution in [3.8, 4) is 0 Å². The van der Waals surface area contributed by atoms with Crippen LogP contribution in [0.1, 0.15) is 22.3 Å². The van der Waals surface area contributed by atoms with Gasteiger partial charge in [-0.15, -0.1) is 0 Å². The van der Waals surface area contributed by atoms with E-state index < -0.39 is 15.9 Å². The molecule has 2 saturated heterocycles. The maximum absolute atomic E-state index is 12.9. The monoisotopic (exact) mass is 352 g/mol. The summed E-state index contributed by atoms with van der Waals surface area (Å²) in [6.45, 7) is 6.56. The summed E-state index contributed by atoms with van der Waals surface area (Å²) in [6, 6.07) is 4.85. The average Bonchev–Trinajstić information content (AvgIpc) is 3.06. The van der Waals surface area contributed by atoms with E-state index in [9.17, 15) is 13.2 Å². The highest BCUT2D eigenvalue weighted by molar-refractivity contribution is 7.89. The van der Waals surface area contributed by atoms with E-state index in [1.54, 1.807) is 19.1 Å². The van der Waals surface area contributed by atoms with Crippen molar-refractivity contribution in [1.82, 2.24) is 14.5 Å². The molecular formula is C16H24N4O3S. The molecule has 0 aromatic heterocycles. The van der Waals surface area contributed by atoms with Crippen molar-refractivity contribution in [2.24, 2.45) is 5.73 Å². The summed E-state index contributed by atoms with van der Waals surface area (Å²) in [5.41, 5.74) is 6.28. The Morgan fingerprint density at radius 2 is 1.96 bits per heavy atom. The second kappa shape index (κ2) is 6.79. The first-order valence-corrected chi connectivity index (χ1v) is 9.69. The normalized spacial score (nSPS) is 23.5. The van der Waals surface area contributed by atoms with E-state index in [0.717, 1.165) is 32.6 Å². The van der Waals surface area contributed by atoms with Gasteiger partial charge >= 0.3 is 0 Å². The molecule has 1 amide bonds. The number of primary amides is 1. The fraction of sp³-hybridized carbons (Fsp3) is 0.562. The number of rotatable bonds is 4. The fourth-order valence-electron chi connectivity index (χ4n) is 3.45. The van der Waals surface area contributed by atoms with Crippen LogP contribution < -0.4 is 11.1 Å². The number of hydrogen-bond donors (Lipinski definition) is 2. The Hall–Kier alpha value is -1.48. The zero-order valence-corrected chi connectivity index (χ0v) is 14.7. The number of nitrogens with one attached hydrogen (secondary N) is 1. The number of carbonyl (C=O) groups is 1. The van der Waals surface area contributed by atoms with Gasteiger partial charge in [0.2, 0.25) is 15.9 Å². The van der Waals surface area contributed by atoms with Crippen LogP contribution in [0.3, 0.4) is 0 Å². The van der Waals surface area contributed by atoms with Crippen LogP contribution in [0.2, 0.25) is 0 Å². The van der Waals surface area contributed by atoms with E-state index in [1.165, 1.54) is 10.4 Å². The highest BCUT2D eigenvalue weighted by Gasteiger charge is 2.35. The first-order valence-electron chi connectivity index (χ1n) is 8.25. The van der Waals surface area contributed by atoms with E-state index in [2.05, 4.69) is 10.2 Å². The summed E-state index contributed by atoms with van der Waals surface area (Å²) in [4.78, 5) is 14.0. The number of nitrogens with zero attached hydrogens (tertiary/aromatic N) is 2. The van der Waals surface area contributed by atoms with Crippen LogP contribution in [-0.4, -0.2) is 68.8 Å². The highest BCUT2D eigenvalue weighted by Crippen LogP contribution is 2.25. The maximum atomic E-state index is 12.9. The van der Waals surface area contributed by atoms with Crippen LogP contribution in [-0.2, 0) is 10.0 Å². The van der Waals surface area contributed by atoms with Crippen LogP contribution in [0.15, 0.2) is 23.1 Å². The Bertz CT molecular complexity index is 729.